The summed E-state index contributed by atoms with van der Waals surface area (Å²) in [6.45, 7) is 1.96. The van der Waals surface area contributed by atoms with Gasteiger partial charge in [0, 0.05) is 0 Å². The molecule has 76 valence electrons. The van der Waals surface area contributed by atoms with E-state index in [1.807, 2.05) is 0 Å². The van der Waals surface area contributed by atoms with Crippen LogP contribution in [0.3, 0.4) is 0 Å². The van der Waals surface area contributed by atoms with Gasteiger partial charge in [0.2, 0.25) is 0 Å². The average molecular weight is 219 g/mol. The Labute approximate surface area is 85.1 Å². The number of halogens is 2. The third-order valence-electron chi connectivity index (χ3n) is 1.53. The second kappa shape index (κ2) is 4.28. The van der Waals surface area contributed by atoms with Crippen molar-refractivity contribution in [2.75, 3.05) is 6.61 Å². The Morgan fingerprint density at radius 2 is 2.29 bits per heavy atom. The lowest BCUT2D eigenvalue weighted by atomic mass is 10.2. The van der Waals surface area contributed by atoms with E-state index in [1.165, 1.54) is 0 Å². The van der Waals surface area contributed by atoms with Crippen LogP contribution in [0.1, 0.15) is 17.3 Å². The van der Waals surface area contributed by atoms with Gasteiger partial charge in [-0.1, -0.05) is 11.6 Å². The van der Waals surface area contributed by atoms with Gasteiger partial charge in [-0.25, -0.2) is 9.18 Å². The van der Waals surface area contributed by atoms with Gasteiger partial charge in [0.05, 0.1) is 11.6 Å². The molecular formula is C9H8ClFO3. The van der Waals surface area contributed by atoms with Crippen LogP contribution in [0, 0.1) is 5.82 Å². The summed E-state index contributed by atoms with van der Waals surface area (Å²) in [5.74, 6) is -1.96. The lowest BCUT2D eigenvalue weighted by Crippen LogP contribution is -2.04. The van der Waals surface area contributed by atoms with E-state index < -0.39 is 11.8 Å². The standard InChI is InChI=1S/C9H8ClFO3/c1-2-14-8-6(9(12)13)3-5(11)4-7(8)10/h3-4H,2H2,1H3,(H,12,13). The van der Waals surface area contributed by atoms with Crippen molar-refractivity contribution in [3.63, 3.8) is 0 Å². The van der Waals surface area contributed by atoms with Gasteiger partial charge in [-0.3, -0.25) is 0 Å². The molecule has 1 aromatic carbocycles. The van der Waals surface area contributed by atoms with Crippen LogP contribution in [0.25, 0.3) is 0 Å². The van der Waals surface area contributed by atoms with E-state index in [-0.39, 0.29) is 22.9 Å². The summed E-state index contributed by atoms with van der Waals surface area (Å²) in [6.07, 6.45) is 0. The van der Waals surface area contributed by atoms with Crippen LogP contribution in [-0.4, -0.2) is 17.7 Å². The Morgan fingerprint density at radius 3 is 2.79 bits per heavy atom. The highest BCUT2D eigenvalue weighted by Crippen LogP contribution is 2.30. The number of carbonyl (C=O) groups is 1. The highest BCUT2D eigenvalue weighted by atomic mass is 35.5. The molecule has 0 fully saturated rings. The minimum atomic E-state index is -1.27. The Balaban J connectivity index is 3.28. The van der Waals surface area contributed by atoms with Crippen LogP contribution < -0.4 is 4.74 Å². The number of hydrogen-bond donors (Lipinski definition) is 1. The molecule has 0 atom stereocenters. The highest BCUT2D eigenvalue weighted by molar-refractivity contribution is 6.32. The summed E-state index contributed by atoms with van der Waals surface area (Å²) >= 11 is 5.63. The average Bonchev–Trinajstić information content (AvgIpc) is 2.09. The van der Waals surface area contributed by atoms with Crippen LogP contribution in [-0.2, 0) is 0 Å². The van der Waals surface area contributed by atoms with Crippen molar-refractivity contribution < 1.29 is 19.0 Å². The van der Waals surface area contributed by atoms with Crippen molar-refractivity contribution in [1.29, 1.82) is 0 Å². The van der Waals surface area contributed by atoms with E-state index >= 15 is 0 Å². The predicted molar refractivity (Wildman–Crippen MR) is 49.5 cm³/mol. The van der Waals surface area contributed by atoms with Crippen molar-refractivity contribution in [1.82, 2.24) is 0 Å². The van der Waals surface area contributed by atoms with Crippen LogP contribution >= 0.6 is 11.6 Å². The second-order valence-corrected chi connectivity index (χ2v) is 2.91. The maximum absolute atomic E-state index is 12.8. The molecule has 1 N–H and O–H groups in total. The summed E-state index contributed by atoms with van der Waals surface area (Å²) in [5.41, 5.74) is -0.267. The number of hydrogen-bond acceptors (Lipinski definition) is 2. The molecule has 14 heavy (non-hydrogen) atoms. The first kappa shape index (κ1) is 10.8. The number of carboxylic acid groups (broad SMARTS) is 1. The van der Waals surface area contributed by atoms with Crippen LogP contribution in [0.2, 0.25) is 5.02 Å². The monoisotopic (exact) mass is 218 g/mol. The molecule has 0 unspecified atom stereocenters. The number of ether oxygens (including phenoxy) is 1. The smallest absolute Gasteiger partial charge is 0.339 e. The molecule has 0 saturated carbocycles. The van der Waals surface area contributed by atoms with Crippen molar-refractivity contribution >= 4 is 17.6 Å². The fourth-order valence-corrected chi connectivity index (χ4v) is 1.27. The Bertz CT molecular complexity index is 365. The van der Waals surface area contributed by atoms with Crippen LogP contribution in [0.15, 0.2) is 12.1 Å². The van der Waals surface area contributed by atoms with Crippen molar-refractivity contribution in [3.05, 3.63) is 28.5 Å². The summed E-state index contributed by atoms with van der Waals surface area (Å²) in [7, 11) is 0. The fourth-order valence-electron chi connectivity index (χ4n) is 1.01. The van der Waals surface area contributed by atoms with E-state index in [0.29, 0.717) is 0 Å². The van der Waals surface area contributed by atoms with E-state index in [1.54, 1.807) is 6.92 Å². The molecule has 0 heterocycles. The maximum atomic E-state index is 12.8. The van der Waals surface area contributed by atoms with E-state index in [9.17, 15) is 9.18 Å². The SMILES string of the molecule is CCOc1c(Cl)cc(F)cc1C(=O)O. The third-order valence-corrected chi connectivity index (χ3v) is 1.81. The zero-order valence-corrected chi connectivity index (χ0v) is 8.14. The largest absolute Gasteiger partial charge is 0.491 e. The first-order valence-electron chi connectivity index (χ1n) is 3.91. The molecule has 1 aromatic rings. The number of aromatic carboxylic acids is 1. The van der Waals surface area contributed by atoms with Gasteiger partial charge < -0.3 is 9.84 Å². The first-order valence-corrected chi connectivity index (χ1v) is 4.29. The van der Waals surface area contributed by atoms with Crippen LogP contribution in [0.5, 0.6) is 5.75 Å². The number of rotatable bonds is 3. The molecule has 1 rings (SSSR count). The molecule has 0 bridgehead atoms. The van der Waals surface area contributed by atoms with Gasteiger partial charge in [0.15, 0.2) is 5.75 Å². The fraction of sp³-hybridized carbons (Fsp3) is 0.222. The number of carboxylic acids is 1. The molecule has 0 aliphatic carbocycles. The van der Waals surface area contributed by atoms with Gasteiger partial charge in [-0.05, 0) is 19.1 Å². The molecule has 3 nitrogen and oxygen atoms in total. The van der Waals surface area contributed by atoms with Gasteiger partial charge in [0.25, 0.3) is 0 Å². The lowest BCUT2D eigenvalue weighted by molar-refractivity contribution is 0.0692. The quantitative estimate of drug-likeness (QED) is 0.848. The Morgan fingerprint density at radius 1 is 1.64 bits per heavy atom. The summed E-state index contributed by atoms with van der Waals surface area (Å²) in [6, 6.07) is 1.89. The van der Waals surface area contributed by atoms with Gasteiger partial charge in [0.1, 0.15) is 11.4 Å². The molecule has 0 saturated heterocycles. The normalized spacial score (nSPS) is 9.93. The van der Waals surface area contributed by atoms with E-state index in [4.69, 9.17) is 21.4 Å². The molecule has 0 spiro atoms. The van der Waals surface area contributed by atoms with Gasteiger partial charge >= 0.3 is 5.97 Å². The molecule has 0 amide bonds. The molecule has 5 heteroatoms. The molecule has 0 radical (unpaired) electrons. The molecule has 0 aliphatic rings. The zero-order valence-electron chi connectivity index (χ0n) is 7.38. The molecular weight excluding hydrogens is 211 g/mol. The summed E-state index contributed by atoms with van der Waals surface area (Å²) in [5, 5.41) is 8.70. The Hall–Kier alpha value is -1.29. The van der Waals surface area contributed by atoms with E-state index in [2.05, 4.69) is 0 Å². The van der Waals surface area contributed by atoms with Crippen LogP contribution in [0.4, 0.5) is 4.39 Å². The minimum Gasteiger partial charge on any atom is -0.491 e. The highest BCUT2D eigenvalue weighted by Gasteiger charge is 2.16. The van der Waals surface area contributed by atoms with Gasteiger partial charge in [-0.15, -0.1) is 0 Å². The summed E-state index contributed by atoms with van der Waals surface area (Å²) in [4.78, 5) is 10.7. The van der Waals surface area contributed by atoms with Crippen molar-refractivity contribution in [3.8, 4) is 5.75 Å². The maximum Gasteiger partial charge on any atom is 0.339 e. The second-order valence-electron chi connectivity index (χ2n) is 2.50. The van der Waals surface area contributed by atoms with Crippen molar-refractivity contribution in [2.24, 2.45) is 0 Å². The van der Waals surface area contributed by atoms with Gasteiger partial charge in [-0.2, -0.15) is 0 Å². The molecule has 0 aromatic heterocycles. The minimum absolute atomic E-state index is 0.00284. The third kappa shape index (κ3) is 2.14. The van der Waals surface area contributed by atoms with E-state index in [0.717, 1.165) is 12.1 Å². The van der Waals surface area contributed by atoms with Crippen molar-refractivity contribution in [2.45, 2.75) is 6.92 Å². The molecule has 0 aliphatic heterocycles. The summed E-state index contributed by atoms with van der Waals surface area (Å²) < 4.78 is 17.8. The predicted octanol–water partition coefficient (Wildman–Crippen LogP) is 2.58. The zero-order chi connectivity index (χ0) is 10.7. The Kier molecular flexibility index (Phi) is 3.30. The topological polar surface area (TPSA) is 46.5 Å². The first-order chi connectivity index (χ1) is 6.56. The lowest BCUT2D eigenvalue weighted by Gasteiger charge is -2.08. The number of benzene rings is 1.